The number of hydrogen-bond donors (Lipinski definition) is 1. The standard InChI is InChI=1S/C16H10BrNO4S/c17-7-1-13(23-5-7)14-8-2-11-12(22-6-21-11)3-9(8)18-10-4-20-16(19)15(10)14/h1-3,5,14,18H,4,6H2. The Morgan fingerprint density at radius 2 is 2.00 bits per heavy atom. The van der Waals surface area contributed by atoms with Crippen LogP contribution in [0.3, 0.4) is 0 Å². The number of benzene rings is 1. The molecule has 2 aromatic rings. The van der Waals surface area contributed by atoms with E-state index in [1.54, 1.807) is 11.3 Å². The molecule has 1 aromatic heterocycles. The fourth-order valence-corrected chi connectivity index (χ4v) is 4.78. The maximum Gasteiger partial charge on any atom is 0.337 e. The van der Waals surface area contributed by atoms with Crippen LogP contribution in [0.15, 0.2) is 39.3 Å². The van der Waals surface area contributed by atoms with Crippen molar-refractivity contribution in [2.45, 2.75) is 5.92 Å². The minimum absolute atomic E-state index is 0.151. The third-order valence-electron chi connectivity index (χ3n) is 4.19. The average molecular weight is 392 g/mol. The van der Waals surface area contributed by atoms with Crippen LogP contribution >= 0.6 is 27.3 Å². The van der Waals surface area contributed by atoms with Gasteiger partial charge in [-0.05, 0) is 33.6 Å². The van der Waals surface area contributed by atoms with Crippen molar-refractivity contribution in [1.29, 1.82) is 0 Å². The molecule has 0 amide bonds. The second-order valence-corrected chi connectivity index (χ2v) is 7.34. The van der Waals surface area contributed by atoms with Crippen molar-refractivity contribution in [1.82, 2.24) is 0 Å². The van der Waals surface area contributed by atoms with Gasteiger partial charge < -0.3 is 19.5 Å². The molecular formula is C16H10BrNO4S. The third kappa shape index (κ3) is 1.93. The van der Waals surface area contributed by atoms with Crippen LogP contribution in [0.4, 0.5) is 5.69 Å². The number of nitrogens with one attached hydrogen (secondary N) is 1. The Morgan fingerprint density at radius 1 is 1.17 bits per heavy atom. The van der Waals surface area contributed by atoms with E-state index in [9.17, 15) is 4.79 Å². The highest BCUT2D eigenvalue weighted by Gasteiger charge is 2.40. The third-order valence-corrected chi connectivity index (χ3v) is 5.95. The molecule has 116 valence electrons. The number of thiophene rings is 1. The second kappa shape index (κ2) is 4.75. The van der Waals surface area contributed by atoms with Crippen molar-refractivity contribution in [2.24, 2.45) is 0 Å². The van der Waals surface area contributed by atoms with Crippen molar-refractivity contribution in [3.8, 4) is 11.5 Å². The molecule has 5 rings (SSSR count). The first-order valence-corrected chi connectivity index (χ1v) is 8.72. The van der Waals surface area contributed by atoms with Crippen LogP contribution in [0.2, 0.25) is 0 Å². The predicted octanol–water partition coefficient (Wildman–Crippen LogP) is 3.61. The lowest BCUT2D eigenvalue weighted by molar-refractivity contribution is -0.136. The first-order chi connectivity index (χ1) is 11.2. The zero-order valence-corrected chi connectivity index (χ0v) is 14.1. The van der Waals surface area contributed by atoms with Gasteiger partial charge in [0.25, 0.3) is 0 Å². The Morgan fingerprint density at radius 3 is 2.78 bits per heavy atom. The van der Waals surface area contributed by atoms with Gasteiger partial charge >= 0.3 is 5.97 Å². The highest BCUT2D eigenvalue weighted by atomic mass is 79.9. The molecule has 4 heterocycles. The first-order valence-electron chi connectivity index (χ1n) is 7.05. The molecule has 0 spiro atoms. The van der Waals surface area contributed by atoms with Gasteiger partial charge in [0.05, 0.1) is 17.2 Å². The molecule has 1 atom stereocenters. The minimum Gasteiger partial charge on any atom is -0.456 e. The number of fused-ring (bicyclic) bond motifs is 2. The van der Waals surface area contributed by atoms with Gasteiger partial charge in [-0.3, -0.25) is 0 Å². The van der Waals surface area contributed by atoms with E-state index in [-0.39, 0.29) is 25.3 Å². The van der Waals surface area contributed by atoms with Gasteiger partial charge in [0.2, 0.25) is 6.79 Å². The summed E-state index contributed by atoms with van der Waals surface area (Å²) in [6.07, 6.45) is 0. The van der Waals surface area contributed by atoms with Crippen molar-refractivity contribution < 1.29 is 19.0 Å². The van der Waals surface area contributed by atoms with Crippen LogP contribution in [-0.4, -0.2) is 19.4 Å². The Balaban J connectivity index is 1.74. The Kier molecular flexibility index (Phi) is 2.78. The van der Waals surface area contributed by atoms with E-state index in [1.165, 1.54) is 0 Å². The van der Waals surface area contributed by atoms with Crippen LogP contribution in [-0.2, 0) is 9.53 Å². The summed E-state index contributed by atoms with van der Waals surface area (Å²) in [6, 6.07) is 5.93. The quantitative estimate of drug-likeness (QED) is 0.752. The molecule has 0 saturated heterocycles. The molecule has 5 nitrogen and oxygen atoms in total. The summed E-state index contributed by atoms with van der Waals surface area (Å²) >= 11 is 5.11. The molecule has 0 saturated carbocycles. The van der Waals surface area contributed by atoms with E-state index in [0.717, 1.165) is 32.0 Å². The number of hydrogen-bond acceptors (Lipinski definition) is 6. The molecule has 1 aromatic carbocycles. The molecule has 3 aliphatic rings. The van der Waals surface area contributed by atoms with Gasteiger partial charge in [-0.25, -0.2) is 4.79 Å². The number of carbonyl (C=O) groups excluding carboxylic acids is 1. The minimum atomic E-state index is -0.259. The monoisotopic (exact) mass is 391 g/mol. The molecule has 0 fully saturated rings. The molecule has 23 heavy (non-hydrogen) atoms. The summed E-state index contributed by atoms with van der Waals surface area (Å²) in [5.74, 6) is 1.02. The van der Waals surface area contributed by atoms with Gasteiger partial charge in [0.15, 0.2) is 11.5 Å². The molecule has 7 heteroatoms. The maximum absolute atomic E-state index is 12.3. The maximum atomic E-state index is 12.3. The number of halogens is 1. The smallest absolute Gasteiger partial charge is 0.337 e. The van der Waals surface area contributed by atoms with Crippen molar-refractivity contribution in [2.75, 3.05) is 18.7 Å². The van der Waals surface area contributed by atoms with Crippen LogP contribution in [0.25, 0.3) is 0 Å². The number of esters is 1. The van der Waals surface area contributed by atoms with Gasteiger partial charge in [-0.15, -0.1) is 11.3 Å². The average Bonchev–Trinajstić information content (AvgIpc) is 3.24. The van der Waals surface area contributed by atoms with Crippen LogP contribution in [0.1, 0.15) is 16.4 Å². The van der Waals surface area contributed by atoms with Gasteiger partial charge in [-0.1, -0.05) is 0 Å². The van der Waals surface area contributed by atoms with Gasteiger partial charge in [-0.2, -0.15) is 0 Å². The van der Waals surface area contributed by atoms with E-state index >= 15 is 0 Å². The predicted molar refractivity (Wildman–Crippen MR) is 88.0 cm³/mol. The topological polar surface area (TPSA) is 56.8 Å². The van der Waals surface area contributed by atoms with Crippen LogP contribution in [0.5, 0.6) is 11.5 Å². The number of rotatable bonds is 1. The first kappa shape index (κ1) is 13.4. The molecule has 0 radical (unpaired) electrons. The fraction of sp³-hybridized carbons (Fsp3) is 0.188. The van der Waals surface area contributed by atoms with Gasteiger partial charge in [0.1, 0.15) is 6.61 Å². The van der Waals surface area contributed by atoms with Crippen molar-refractivity contribution in [3.63, 3.8) is 0 Å². The summed E-state index contributed by atoms with van der Waals surface area (Å²) in [6.45, 7) is 0.508. The summed E-state index contributed by atoms with van der Waals surface area (Å²) in [7, 11) is 0. The SMILES string of the molecule is O=C1OCC2=C1C(c1cc(Br)cs1)c1cc3c(cc1N2)OCO3. The normalized spacial score (nSPS) is 20.9. The zero-order valence-electron chi connectivity index (χ0n) is 11.7. The van der Waals surface area contributed by atoms with E-state index in [1.807, 2.05) is 23.6 Å². The number of cyclic esters (lactones) is 1. The summed E-state index contributed by atoms with van der Waals surface area (Å²) in [5, 5.41) is 5.34. The Labute approximate surface area is 144 Å². The largest absolute Gasteiger partial charge is 0.456 e. The van der Waals surface area contributed by atoms with Crippen molar-refractivity contribution >= 4 is 38.9 Å². The van der Waals surface area contributed by atoms with E-state index in [0.29, 0.717) is 11.3 Å². The van der Waals surface area contributed by atoms with Crippen LogP contribution in [0, 0.1) is 0 Å². The number of anilines is 1. The molecule has 1 unspecified atom stereocenters. The zero-order chi connectivity index (χ0) is 15.6. The lowest BCUT2D eigenvalue weighted by Gasteiger charge is -2.26. The van der Waals surface area contributed by atoms with E-state index < -0.39 is 0 Å². The number of ether oxygens (including phenoxy) is 3. The van der Waals surface area contributed by atoms with Gasteiger partial charge in [0, 0.05) is 26.5 Å². The second-order valence-electron chi connectivity index (χ2n) is 5.49. The highest BCUT2D eigenvalue weighted by Crippen LogP contribution is 2.50. The van der Waals surface area contributed by atoms with Crippen LogP contribution < -0.4 is 14.8 Å². The molecule has 3 aliphatic heterocycles. The molecular weight excluding hydrogens is 382 g/mol. The van der Waals surface area contributed by atoms with E-state index in [2.05, 4.69) is 21.2 Å². The number of carbonyl (C=O) groups is 1. The Bertz CT molecular complexity index is 888. The Hall–Kier alpha value is -1.99. The summed E-state index contributed by atoms with van der Waals surface area (Å²) in [4.78, 5) is 13.3. The lowest BCUT2D eigenvalue weighted by atomic mass is 9.85. The summed E-state index contributed by atoms with van der Waals surface area (Å²) in [5.41, 5.74) is 3.45. The molecule has 0 aliphatic carbocycles. The highest BCUT2D eigenvalue weighted by molar-refractivity contribution is 9.10. The fourth-order valence-electron chi connectivity index (χ4n) is 3.21. The molecule has 1 N–H and O–H groups in total. The lowest BCUT2D eigenvalue weighted by Crippen LogP contribution is -2.19. The summed E-state index contributed by atoms with van der Waals surface area (Å²) < 4.78 is 17.2. The van der Waals surface area contributed by atoms with E-state index in [4.69, 9.17) is 14.2 Å². The molecule has 0 bridgehead atoms. The van der Waals surface area contributed by atoms with Crippen molar-refractivity contribution in [3.05, 3.63) is 49.8 Å².